The van der Waals surface area contributed by atoms with Gasteiger partial charge in [0.2, 0.25) is 5.76 Å². The van der Waals surface area contributed by atoms with Crippen LogP contribution in [0.4, 0.5) is 0 Å². The van der Waals surface area contributed by atoms with Gasteiger partial charge in [-0.3, -0.25) is 4.68 Å². The Balaban J connectivity index is 1.80. The fraction of sp³-hybridized carbons (Fsp3) is 0.167. The van der Waals surface area contributed by atoms with E-state index in [-0.39, 0.29) is 5.76 Å². The summed E-state index contributed by atoms with van der Waals surface area (Å²) in [6, 6.07) is 20.0. The average Bonchev–Trinajstić information content (AvgIpc) is 3.34. The zero-order valence-corrected chi connectivity index (χ0v) is 18.6. The van der Waals surface area contributed by atoms with Gasteiger partial charge in [0.25, 0.3) is 0 Å². The van der Waals surface area contributed by atoms with Gasteiger partial charge in [-0.15, -0.1) is 0 Å². The smallest absolute Gasteiger partial charge is 0.373 e. The average molecular weight is 465 g/mol. The normalized spacial score (nSPS) is 10.9. The summed E-state index contributed by atoms with van der Waals surface area (Å²) in [6.45, 7) is 4.50. The first-order valence-electron chi connectivity index (χ1n) is 9.53. The first-order valence-corrected chi connectivity index (χ1v) is 10.3. The second-order valence-electron chi connectivity index (χ2n) is 7.16. The Morgan fingerprint density at radius 1 is 0.967 bits per heavy atom. The van der Waals surface area contributed by atoms with Gasteiger partial charge in [-0.05, 0) is 41.9 Å². The molecule has 5 nitrogen and oxygen atoms in total. The first-order chi connectivity index (χ1) is 14.5. The van der Waals surface area contributed by atoms with Crippen LogP contribution in [0.1, 0.15) is 27.4 Å². The molecule has 0 unspecified atom stereocenters. The molecule has 0 bridgehead atoms. The summed E-state index contributed by atoms with van der Waals surface area (Å²) in [5, 5.41) is 4.87. The van der Waals surface area contributed by atoms with Gasteiger partial charge in [-0.1, -0.05) is 59.7 Å². The molecule has 0 saturated heterocycles. The number of aromatic nitrogens is 2. The molecule has 0 saturated carbocycles. The van der Waals surface area contributed by atoms with Gasteiger partial charge in [-0.2, -0.15) is 5.10 Å². The standard InChI is InChI=1S/C24H21BrN2O3/c1-15-4-8-17(9-5-15)22-21(25)23(18-10-6-16(2)7-11-18)27(26-22)14-19-12-13-20(30-19)24(28)29-3/h4-13H,14H2,1-3H3. The maximum absolute atomic E-state index is 11.7. The Hall–Kier alpha value is -3.12. The molecule has 0 spiro atoms. The van der Waals surface area contributed by atoms with Gasteiger partial charge in [0, 0.05) is 11.1 Å². The highest BCUT2D eigenvalue weighted by Crippen LogP contribution is 2.37. The molecular formula is C24H21BrN2O3. The maximum atomic E-state index is 11.7. The lowest BCUT2D eigenvalue weighted by Gasteiger charge is -2.07. The van der Waals surface area contributed by atoms with Gasteiger partial charge in [0.1, 0.15) is 11.5 Å². The van der Waals surface area contributed by atoms with Crippen molar-refractivity contribution in [2.24, 2.45) is 0 Å². The minimum absolute atomic E-state index is 0.175. The highest BCUT2D eigenvalue weighted by atomic mass is 79.9. The third-order valence-corrected chi connectivity index (χ3v) is 5.65. The Morgan fingerprint density at radius 2 is 1.57 bits per heavy atom. The molecule has 0 amide bonds. The van der Waals surface area contributed by atoms with Crippen LogP contribution in [0, 0.1) is 13.8 Å². The summed E-state index contributed by atoms with van der Waals surface area (Å²) in [5.41, 5.74) is 6.24. The van der Waals surface area contributed by atoms with Crippen LogP contribution in [-0.2, 0) is 11.3 Å². The van der Waals surface area contributed by atoms with E-state index >= 15 is 0 Å². The van der Waals surface area contributed by atoms with Crippen LogP contribution in [0.15, 0.2) is 69.6 Å². The highest BCUT2D eigenvalue weighted by molar-refractivity contribution is 9.10. The number of ether oxygens (including phenoxy) is 1. The van der Waals surface area contributed by atoms with Crippen molar-refractivity contribution in [2.75, 3.05) is 7.11 Å². The van der Waals surface area contributed by atoms with E-state index in [0.717, 1.165) is 27.0 Å². The lowest BCUT2D eigenvalue weighted by Crippen LogP contribution is -2.04. The van der Waals surface area contributed by atoms with Crippen molar-refractivity contribution in [2.45, 2.75) is 20.4 Å². The number of furan rings is 1. The minimum atomic E-state index is -0.498. The molecule has 30 heavy (non-hydrogen) atoms. The number of methoxy groups -OCH3 is 1. The number of esters is 1. The van der Waals surface area contributed by atoms with E-state index in [1.165, 1.54) is 18.2 Å². The Labute approximate surface area is 183 Å². The largest absolute Gasteiger partial charge is 0.463 e. The molecule has 0 aliphatic carbocycles. The van der Waals surface area contributed by atoms with Crippen LogP contribution in [0.3, 0.4) is 0 Å². The number of aryl methyl sites for hydroxylation is 2. The molecule has 0 atom stereocenters. The van der Waals surface area contributed by atoms with E-state index < -0.39 is 5.97 Å². The third kappa shape index (κ3) is 3.96. The molecule has 4 aromatic rings. The van der Waals surface area contributed by atoms with E-state index in [0.29, 0.717) is 12.3 Å². The number of benzene rings is 2. The van der Waals surface area contributed by atoms with Crippen LogP contribution in [0.5, 0.6) is 0 Å². The fourth-order valence-corrected chi connectivity index (χ4v) is 4.00. The van der Waals surface area contributed by atoms with Gasteiger partial charge in [0.15, 0.2) is 0 Å². The number of hydrogen-bond donors (Lipinski definition) is 0. The van der Waals surface area contributed by atoms with Crippen LogP contribution in [-0.4, -0.2) is 22.9 Å². The summed E-state index contributed by atoms with van der Waals surface area (Å²) >= 11 is 3.78. The molecule has 0 fully saturated rings. The van der Waals surface area contributed by atoms with E-state index in [4.69, 9.17) is 14.3 Å². The second kappa shape index (κ2) is 8.32. The number of hydrogen-bond acceptors (Lipinski definition) is 4. The topological polar surface area (TPSA) is 57.3 Å². The summed E-state index contributed by atoms with van der Waals surface area (Å²) in [7, 11) is 1.33. The number of carbonyl (C=O) groups is 1. The Morgan fingerprint density at radius 3 is 2.17 bits per heavy atom. The zero-order valence-electron chi connectivity index (χ0n) is 17.0. The van der Waals surface area contributed by atoms with E-state index in [9.17, 15) is 4.79 Å². The molecule has 0 aliphatic rings. The molecule has 0 N–H and O–H groups in total. The van der Waals surface area contributed by atoms with Crippen LogP contribution >= 0.6 is 15.9 Å². The lowest BCUT2D eigenvalue weighted by molar-refractivity contribution is 0.0563. The summed E-state index contributed by atoms with van der Waals surface area (Å²) in [4.78, 5) is 11.7. The number of rotatable bonds is 5. The predicted octanol–water partition coefficient (Wildman–Crippen LogP) is 6.02. The molecule has 2 aromatic heterocycles. The van der Waals surface area contributed by atoms with Crippen LogP contribution < -0.4 is 0 Å². The highest BCUT2D eigenvalue weighted by Gasteiger charge is 2.20. The summed E-state index contributed by atoms with van der Waals surface area (Å²) < 4.78 is 13.2. The van der Waals surface area contributed by atoms with Crippen molar-refractivity contribution >= 4 is 21.9 Å². The molecule has 0 aliphatic heterocycles. The van der Waals surface area contributed by atoms with E-state index in [1.807, 2.05) is 4.68 Å². The van der Waals surface area contributed by atoms with Crippen molar-refractivity contribution in [3.8, 4) is 22.5 Å². The molecule has 2 aromatic carbocycles. The van der Waals surface area contributed by atoms with E-state index in [2.05, 4.69) is 78.3 Å². The van der Waals surface area contributed by atoms with Gasteiger partial charge in [0.05, 0.1) is 23.8 Å². The molecular weight excluding hydrogens is 444 g/mol. The maximum Gasteiger partial charge on any atom is 0.373 e. The van der Waals surface area contributed by atoms with Crippen molar-refractivity contribution in [1.29, 1.82) is 0 Å². The predicted molar refractivity (Wildman–Crippen MR) is 119 cm³/mol. The molecule has 152 valence electrons. The lowest BCUT2D eigenvalue weighted by atomic mass is 10.1. The van der Waals surface area contributed by atoms with Crippen molar-refractivity contribution in [3.63, 3.8) is 0 Å². The number of carbonyl (C=O) groups excluding carboxylic acids is 1. The van der Waals surface area contributed by atoms with E-state index in [1.54, 1.807) is 12.1 Å². The monoisotopic (exact) mass is 464 g/mol. The quantitative estimate of drug-likeness (QED) is 0.338. The number of halogens is 1. The third-order valence-electron chi connectivity index (χ3n) is 4.90. The van der Waals surface area contributed by atoms with Crippen molar-refractivity contribution in [1.82, 2.24) is 9.78 Å². The van der Waals surface area contributed by atoms with Crippen molar-refractivity contribution in [3.05, 3.63) is 87.8 Å². The summed E-state index contributed by atoms with van der Waals surface area (Å²) in [5.74, 6) is 0.297. The molecule has 4 rings (SSSR count). The van der Waals surface area contributed by atoms with Gasteiger partial charge in [-0.25, -0.2) is 4.79 Å². The van der Waals surface area contributed by atoms with Crippen LogP contribution in [0.2, 0.25) is 0 Å². The second-order valence-corrected chi connectivity index (χ2v) is 7.95. The SMILES string of the molecule is COC(=O)c1ccc(Cn2nc(-c3ccc(C)cc3)c(Br)c2-c2ccc(C)cc2)o1. The molecule has 2 heterocycles. The fourth-order valence-electron chi connectivity index (χ4n) is 3.26. The van der Waals surface area contributed by atoms with Gasteiger partial charge < -0.3 is 9.15 Å². The molecule has 0 radical (unpaired) electrons. The molecule has 6 heteroatoms. The Kier molecular flexibility index (Phi) is 5.59. The van der Waals surface area contributed by atoms with Crippen LogP contribution in [0.25, 0.3) is 22.5 Å². The summed E-state index contributed by atoms with van der Waals surface area (Å²) in [6.07, 6.45) is 0. The minimum Gasteiger partial charge on any atom is -0.463 e. The van der Waals surface area contributed by atoms with Crippen molar-refractivity contribution < 1.29 is 13.9 Å². The zero-order chi connectivity index (χ0) is 21.3. The number of nitrogens with zero attached hydrogens (tertiary/aromatic N) is 2. The first kappa shape index (κ1) is 20.2. The van der Waals surface area contributed by atoms with Gasteiger partial charge >= 0.3 is 5.97 Å². The Bertz CT molecular complexity index is 1190.